The van der Waals surface area contributed by atoms with Crippen LogP contribution < -0.4 is 0 Å². The van der Waals surface area contributed by atoms with E-state index in [0.29, 0.717) is 6.04 Å². The number of nitrogens with zero attached hydrogens (tertiary/aromatic N) is 4. The summed E-state index contributed by atoms with van der Waals surface area (Å²) in [5, 5.41) is 10.9. The third-order valence-corrected chi connectivity index (χ3v) is 3.72. The van der Waals surface area contributed by atoms with Crippen molar-refractivity contribution in [3.8, 4) is 0 Å². The van der Waals surface area contributed by atoms with Gasteiger partial charge in [-0.25, -0.2) is 4.98 Å². The highest BCUT2D eigenvalue weighted by Crippen LogP contribution is 2.31. The predicted octanol–water partition coefficient (Wildman–Crippen LogP) is 2.08. The van der Waals surface area contributed by atoms with Crippen molar-refractivity contribution in [2.75, 3.05) is 0 Å². The van der Waals surface area contributed by atoms with E-state index in [1.54, 1.807) is 0 Å². The van der Waals surface area contributed by atoms with Gasteiger partial charge in [0.05, 0.1) is 12.4 Å². The van der Waals surface area contributed by atoms with E-state index in [1.165, 1.54) is 17.7 Å². The van der Waals surface area contributed by atoms with Gasteiger partial charge >= 0.3 is 0 Å². The lowest BCUT2D eigenvalue weighted by Crippen LogP contribution is -2.17. The van der Waals surface area contributed by atoms with Crippen molar-refractivity contribution in [1.29, 1.82) is 0 Å². The first kappa shape index (κ1) is 9.82. The molecule has 0 aliphatic carbocycles. The van der Waals surface area contributed by atoms with Crippen LogP contribution in [0.5, 0.6) is 0 Å². The first-order valence-corrected chi connectivity index (χ1v) is 6.23. The van der Waals surface area contributed by atoms with E-state index in [4.69, 9.17) is 0 Å². The zero-order valence-electron chi connectivity index (χ0n) is 9.87. The van der Waals surface area contributed by atoms with Crippen LogP contribution in [0, 0.1) is 0 Å². The smallest absolute Gasteiger partial charge is 0.113 e. The number of hydrogen-bond acceptors (Lipinski definition) is 3. The standard InChI is InChI=1S/C13H13N5/c1-2-10-7-14-8-18(10)13(3-1)9-4-5-11-12(6-9)16-17-15-11/h4-8,13H,1-3H2,(H,15,16,17). The second kappa shape index (κ2) is 3.66. The molecule has 0 bridgehead atoms. The van der Waals surface area contributed by atoms with Gasteiger partial charge in [-0.15, -0.1) is 0 Å². The van der Waals surface area contributed by atoms with Gasteiger partial charge in [-0.1, -0.05) is 6.07 Å². The minimum absolute atomic E-state index is 0.386. The Bertz CT molecular complexity index is 696. The quantitative estimate of drug-likeness (QED) is 0.707. The SMILES string of the molecule is c1cc2n[nH]nc2cc1C1CCCc2cncn21. The molecule has 0 fully saturated rings. The Kier molecular flexibility index (Phi) is 2.00. The second-order valence-corrected chi connectivity index (χ2v) is 4.77. The Balaban J connectivity index is 1.84. The number of H-pyrrole nitrogens is 1. The molecule has 4 rings (SSSR count). The summed E-state index contributed by atoms with van der Waals surface area (Å²) in [5.41, 5.74) is 4.46. The molecule has 0 amide bonds. The van der Waals surface area contributed by atoms with Crippen molar-refractivity contribution >= 4 is 11.0 Å². The number of nitrogens with one attached hydrogen (secondary N) is 1. The molecular weight excluding hydrogens is 226 g/mol. The van der Waals surface area contributed by atoms with Gasteiger partial charge in [0, 0.05) is 11.9 Å². The molecule has 0 saturated carbocycles. The van der Waals surface area contributed by atoms with Gasteiger partial charge in [0.1, 0.15) is 11.0 Å². The predicted molar refractivity (Wildman–Crippen MR) is 67.2 cm³/mol. The molecule has 0 spiro atoms. The minimum Gasteiger partial charge on any atom is -0.327 e. The molecule has 5 heteroatoms. The number of fused-ring (bicyclic) bond motifs is 2. The van der Waals surface area contributed by atoms with Crippen molar-refractivity contribution in [2.45, 2.75) is 25.3 Å². The van der Waals surface area contributed by atoms with Crippen molar-refractivity contribution in [3.05, 3.63) is 42.0 Å². The topological polar surface area (TPSA) is 59.4 Å². The second-order valence-electron chi connectivity index (χ2n) is 4.77. The van der Waals surface area contributed by atoms with Crippen LogP contribution in [0.25, 0.3) is 11.0 Å². The van der Waals surface area contributed by atoms with Crippen LogP contribution in [0.15, 0.2) is 30.7 Å². The van der Waals surface area contributed by atoms with Gasteiger partial charge in [0.25, 0.3) is 0 Å². The summed E-state index contributed by atoms with van der Waals surface area (Å²) in [6.45, 7) is 0. The van der Waals surface area contributed by atoms with Gasteiger partial charge in [-0.3, -0.25) is 0 Å². The molecule has 90 valence electrons. The molecule has 5 nitrogen and oxygen atoms in total. The fourth-order valence-electron chi connectivity index (χ4n) is 2.81. The van der Waals surface area contributed by atoms with Gasteiger partial charge < -0.3 is 4.57 Å². The summed E-state index contributed by atoms with van der Waals surface area (Å²) in [5.74, 6) is 0. The van der Waals surface area contributed by atoms with Crippen LogP contribution in [-0.2, 0) is 6.42 Å². The maximum Gasteiger partial charge on any atom is 0.113 e. The molecule has 2 aromatic heterocycles. The maximum atomic E-state index is 4.26. The lowest BCUT2D eigenvalue weighted by molar-refractivity contribution is 0.458. The third-order valence-electron chi connectivity index (χ3n) is 3.72. The summed E-state index contributed by atoms with van der Waals surface area (Å²) < 4.78 is 2.28. The van der Waals surface area contributed by atoms with Crippen molar-refractivity contribution in [1.82, 2.24) is 25.0 Å². The monoisotopic (exact) mass is 239 g/mol. The molecule has 0 saturated heterocycles. The first-order valence-electron chi connectivity index (χ1n) is 6.23. The average molecular weight is 239 g/mol. The Labute approximate surface area is 104 Å². The molecule has 1 N–H and O–H groups in total. The molecule has 1 unspecified atom stereocenters. The van der Waals surface area contributed by atoms with Crippen LogP contribution in [0.4, 0.5) is 0 Å². The Morgan fingerprint density at radius 3 is 3.17 bits per heavy atom. The number of aromatic amines is 1. The van der Waals surface area contributed by atoms with Crippen LogP contribution in [0.1, 0.15) is 30.1 Å². The zero-order chi connectivity index (χ0) is 11.9. The Morgan fingerprint density at radius 2 is 2.17 bits per heavy atom. The molecule has 3 aromatic rings. The van der Waals surface area contributed by atoms with Crippen molar-refractivity contribution in [2.24, 2.45) is 0 Å². The van der Waals surface area contributed by atoms with E-state index in [9.17, 15) is 0 Å². The molecular formula is C13H13N5. The lowest BCUT2D eigenvalue weighted by atomic mass is 9.96. The molecule has 1 aromatic carbocycles. The lowest BCUT2D eigenvalue weighted by Gasteiger charge is -2.25. The number of rotatable bonds is 1. The van der Waals surface area contributed by atoms with Crippen LogP contribution in [-0.4, -0.2) is 25.0 Å². The van der Waals surface area contributed by atoms with Crippen molar-refractivity contribution in [3.63, 3.8) is 0 Å². The summed E-state index contributed by atoms with van der Waals surface area (Å²) >= 11 is 0. The normalized spacial score (nSPS) is 19.0. The molecule has 1 aliphatic heterocycles. The number of aryl methyl sites for hydroxylation is 1. The highest BCUT2D eigenvalue weighted by Gasteiger charge is 2.21. The molecule has 18 heavy (non-hydrogen) atoms. The summed E-state index contributed by atoms with van der Waals surface area (Å²) in [6.07, 6.45) is 7.41. The van der Waals surface area contributed by atoms with Crippen molar-refractivity contribution < 1.29 is 0 Å². The minimum atomic E-state index is 0.386. The van der Waals surface area contributed by atoms with E-state index in [2.05, 4.69) is 37.1 Å². The Morgan fingerprint density at radius 1 is 1.22 bits per heavy atom. The maximum absolute atomic E-state index is 4.26. The zero-order valence-corrected chi connectivity index (χ0v) is 9.87. The molecule has 0 radical (unpaired) electrons. The molecule has 1 atom stereocenters. The highest BCUT2D eigenvalue weighted by molar-refractivity contribution is 5.74. The summed E-state index contributed by atoms with van der Waals surface area (Å²) in [4.78, 5) is 4.26. The average Bonchev–Trinajstić information content (AvgIpc) is 3.05. The van der Waals surface area contributed by atoms with E-state index >= 15 is 0 Å². The summed E-state index contributed by atoms with van der Waals surface area (Å²) in [7, 11) is 0. The van der Waals surface area contributed by atoms with Gasteiger partial charge in [-0.05, 0) is 37.0 Å². The van der Waals surface area contributed by atoms with Crippen LogP contribution >= 0.6 is 0 Å². The van der Waals surface area contributed by atoms with E-state index in [1.807, 2.05) is 18.6 Å². The van der Waals surface area contributed by atoms with Gasteiger partial charge in [-0.2, -0.15) is 15.4 Å². The molecule has 3 heterocycles. The summed E-state index contributed by atoms with van der Waals surface area (Å²) in [6, 6.07) is 6.68. The number of aromatic nitrogens is 5. The van der Waals surface area contributed by atoms with E-state index in [-0.39, 0.29) is 0 Å². The number of imidazole rings is 1. The largest absolute Gasteiger partial charge is 0.327 e. The number of hydrogen-bond donors (Lipinski definition) is 1. The van der Waals surface area contributed by atoms with Crippen LogP contribution in [0.3, 0.4) is 0 Å². The number of benzene rings is 1. The third kappa shape index (κ3) is 1.37. The fourth-order valence-corrected chi connectivity index (χ4v) is 2.81. The van der Waals surface area contributed by atoms with Gasteiger partial charge in [0.2, 0.25) is 0 Å². The first-order chi connectivity index (χ1) is 8.92. The van der Waals surface area contributed by atoms with E-state index in [0.717, 1.165) is 23.9 Å². The Hall–Kier alpha value is -2.17. The molecule has 1 aliphatic rings. The van der Waals surface area contributed by atoms with Gasteiger partial charge in [0.15, 0.2) is 0 Å². The fraction of sp³-hybridized carbons (Fsp3) is 0.308. The highest BCUT2D eigenvalue weighted by atomic mass is 15.3. The van der Waals surface area contributed by atoms with E-state index < -0.39 is 0 Å². The van der Waals surface area contributed by atoms with Crippen LogP contribution in [0.2, 0.25) is 0 Å².